The van der Waals surface area contributed by atoms with E-state index in [1.54, 1.807) is 12.7 Å². The van der Waals surface area contributed by atoms with Crippen LogP contribution < -0.4 is 10.6 Å². The SMILES string of the molecule is CCCCCCC(C)NC(=NCCCCn1cnnc1)NCC.I. The summed E-state index contributed by atoms with van der Waals surface area (Å²) >= 11 is 0. The lowest BCUT2D eigenvalue weighted by atomic mass is 10.1. The van der Waals surface area contributed by atoms with E-state index in [-0.39, 0.29) is 24.0 Å². The van der Waals surface area contributed by atoms with Gasteiger partial charge in [-0.2, -0.15) is 0 Å². The second-order valence-corrected chi connectivity index (χ2v) is 6.06. The minimum atomic E-state index is 0. The zero-order valence-corrected chi connectivity index (χ0v) is 17.8. The molecule has 140 valence electrons. The number of hydrogen-bond acceptors (Lipinski definition) is 3. The van der Waals surface area contributed by atoms with Crippen molar-refractivity contribution in [3.63, 3.8) is 0 Å². The van der Waals surface area contributed by atoms with Crippen LogP contribution in [-0.4, -0.2) is 39.9 Å². The fourth-order valence-corrected chi connectivity index (χ4v) is 2.44. The first-order chi connectivity index (χ1) is 11.3. The van der Waals surface area contributed by atoms with Crippen molar-refractivity contribution >= 4 is 29.9 Å². The molecule has 0 saturated carbocycles. The molecule has 1 aromatic rings. The van der Waals surface area contributed by atoms with E-state index in [0.717, 1.165) is 38.4 Å². The minimum Gasteiger partial charge on any atom is -0.357 e. The molecule has 0 saturated heterocycles. The first-order valence-corrected chi connectivity index (χ1v) is 9.13. The van der Waals surface area contributed by atoms with Crippen molar-refractivity contribution in [1.29, 1.82) is 0 Å². The minimum absolute atomic E-state index is 0. The second-order valence-electron chi connectivity index (χ2n) is 6.06. The second kappa shape index (κ2) is 15.7. The predicted octanol–water partition coefficient (Wildman–Crippen LogP) is 3.59. The summed E-state index contributed by atoms with van der Waals surface area (Å²) in [5, 5.41) is 14.5. The Morgan fingerprint density at radius 1 is 1.08 bits per heavy atom. The maximum Gasteiger partial charge on any atom is 0.191 e. The number of rotatable bonds is 12. The normalized spacial score (nSPS) is 12.5. The molecule has 7 heteroatoms. The third-order valence-corrected chi connectivity index (χ3v) is 3.78. The van der Waals surface area contributed by atoms with E-state index < -0.39 is 0 Å². The van der Waals surface area contributed by atoms with Gasteiger partial charge >= 0.3 is 0 Å². The van der Waals surface area contributed by atoms with Crippen molar-refractivity contribution in [3.05, 3.63) is 12.7 Å². The summed E-state index contributed by atoms with van der Waals surface area (Å²) in [7, 11) is 0. The highest BCUT2D eigenvalue weighted by Crippen LogP contribution is 2.05. The summed E-state index contributed by atoms with van der Waals surface area (Å²) in [5.41, 5.74) is 0. The highest BCUT2D eigenvalue weighted by molar-refractivity contribution is 14.0. The topological polar surface area (TPSA) is 67.1 Å². The van der Waals surface area contributed by atoms with Crippen molar-refractivity contribution in [2.75, 3.05) is 13.1 Å². The number of unbranched alkanes of at least 4 members (excludes halogenated alkanes) is 4. The van der Waals surface area contributed by atoms with E-state index in [4.69, 9.17) is 0 Å². The predicted molar refractivity (Wildman–Crippen MR) is 112 cm³/mol. The molecule has 0 aliphatic rings. The molecule has 0 aromatic carbocycles. The molecular weight excluding hydrogens is 415 g/mol. The van der Waals surface area contributed by atoms with Gasteiger partial charge in [0, 0.05) is 25.7 Å². The number of aryl methyl sites for hydroxylation is 1. The number of aromatic nitrogens is 3. The number of nitrogens with one attached hydrogen (secondary N) is 2. The third-order valence-electron chi connectivity index (χ3n) is 3.78. The Hall–Kier alpha value is -0.860. The number of halogens is 1. The third kappa shape index (κ3) is 11.6. The number of nitrogens with zero attached hydrogens (tertiary/aromatic N) is 4. The Morgan fingerprint density at radius 3 is 2.50 bits per heavy atom. The van der Waals surface area contributed by atoms with Gasteiger partial charge in [-0.25, -0.2) is 0 Å². The molecule has 6 nitrogen and oxygen atoms in total. The summed E-state index contributed by atoms with van der Waals surface area (Å²) in [6.45, 7) is 9.30. The molecule has 0 fully saturated rings. The van der Waals surface area contributed by atoms with Crippen LogP contribution in [0.4, 0.5) is 0 Å². The molecule has 0 aliphatic carbocycles. The van der Waals surface area contributed by atoms with Crippen LogP contribution in [0.2, 0.25) is 0 Å². The molecule has 0 amide bonds. The van der Waals surface area contributed by atoms with E-state index in [1.807, 2.05) is 4.57 Å². The standard InChI is InChI=1S/C17H34N6.HI/c1-4-6-7-8-11-16(3)22-17(18-5-2)19-12-9-10-13-23-14-20-21-15-23;/h14-16H,4-13H2,1-3H3,(H2,18,19,22);1H. The Morgan fingerprint density at radius 2 is 1.83 bits per heavy atom. The average molecular weight is 450 g/mol. The summed E-state index contributed by atoms with van der Waals surface area (Å²) in [4.78, 5) is 4.67. The molecule has 1 unspecified atom stereocenters. The van der Waals surface area contributed by atoms with Crippen molar-refractivity contribution in [1.82, 2.24) is 25.4 Å². The lowest BCUT2D eigenvalue weighted by Crippen LogP contribution is -2.42. The van der Waals surface area contributed by atoms with Crippen LogP contribution >= 0.6 is 24.0 Å². The molecule has 1 rings (SSSR count). The largest absolute Gasteiger partial charge is 0.357 e. The van der Waals surface area contributed by atoms with Crippen molar-refractivity contribution in [2.24, 2.45) is 4.99 Å². The Labute approximate surface area is 164 Å². The molecular formula is C17H35IN6. The van der Waals surface area contributed by atoms with Gasteiger partial charge in [0.1, 0.15) is 12.7 Å². The van der Waals surface area contributed by atoms with Crippen LogP contribution in [0.1, 0.15) is 65.7 Å². The van der Waals surface area contributed by atoms with Crippen LogP contribution in [-0.2, 0) is 6.54 Å². The summed E-state index contributed by atoms with van der Waals surface area (Å²) in [6.07, 6.45) is 12.1. The highest BCUT2D eigenvalue weighted by atomic mass is 127. The monoisotopic (exact) mass is 450 g/mol. The van der Waals surface area contributed by atoms with E-state index in [1.165, 1.54) is 32.1 Å². The molecule has 0 radical (unpaired) electrons. The number of guanidine groups is 1. The smallest absolute Gasteiger partial charge is 0.191 e. The van der Waals surface area contributed by atoms with Crippen molar-refractivity contribution in [3.8, 4) is 0 Å². The van der Waals surface area contributed by atoms with E-state index in [0.29, 0.717) is 6.04 Å². The van der Waals surface area contributed by atoms with Crippen molar-refractivity contribution in [2.45, 2.75) is 78.3 Å². The summed E-state index contributed by atoms with van der Waals surface area (Å²) in [6, 6.07) is 0.474. The highest BCUT2D eigenvalue weighted by Gasteiger charge is 2.04. The van der Waals surface area contributed by atoms with Crippen LogP contribution in [0.3, 0.4) is 0 Å². The van der Waals surface area contributed by atoms with Gasteiger partial charge < -0.3 is 15.2 Å². The zero-order valence-electron chi connectivity index (χ0n) is 15.5. The molecule has 1 aromatic heterocycles. The molecule has 0 aliphatic heterocycles. The van der Waals surface area contributed by atoms with Gasteiger partial charge in [-0.3, -0.25) is 4.99 Å². The Bertz CT molecular complexity index is 407. The molecule has 2 N–H and O–H groups in total. The Balaban J connectivity index is 0.00000529. The van der Waals surface area contributed by atoms with Gasteiger partial charge in [0.05, 0.1) is 0 Å². The lowest BCUT2D eigenvalue weighted by Gasteiger charge is -2.17. The van der Waals surface area contributed by atoms with Crippen LogP contribution in [0.5, 0.6) is 0 Å². The fraction of sp³-hybridized carbons (Fsp3) is 0.824. The summed E-state index contributed by atoms with van der Waals surface area (Å²) in [5.74, 6) is 0.944. The quantitative estimate of drug-likeness (QED) is 0.221. The molecule has 0 spiro atoms. The average Bonchev–Trinajstić information content (AvgIpc) is 3.05. The first-order valence-electron chi connectivity index (χ1n) is 9.13. The van der Waals surface area contributed by atoms with Gasteiger partial charge in [-0.1, -0.05) is 32.6 Å². The van der Waals surface area contributed by atoms with Crippen molar-refractivity contribution < 1.29 is 0 Å². The number of aliphatic imine (C=N–C) groups is 1. The van der Waals surface area contributed by atoms with Crippen LogP contribution in [0.15, 0.2) is 17.6 Å². The van der Waals surface area contributed by atoms with Gasteiger partial charge in [0.25, 0.3) is 0 Å². The zero-order chi connectivity index (χ0) is 16.8. The molecule has 1 atom stereocenters. The first kappa shape index (κ1) is 23.1. The maximum atomic E-state index is 4.67. The van der Waals surface area contributed by atoms with E-state index in [2.05, 4.69) is 46.6 Å². The summed E-state index contributed by atoms with van der Waals surface area (Å²) < 4.78 is 2.01. The van der Waals surface area contributed by atoms with E-state index in [9.17, 15) is 0 Å². The number of hydrogen-bond donors (Lipinski definition) is 2. The van der Waals surface area contributed by atoms with Gasteiger partial charge in [0.15, 0.2) is 5.96 Å². The molecule has 24 heavy (non-hydrogen) atoms. The van der Waals surface area contributed by atoms with Gasteiger partial charge in [-0.15, -0.1) is 34.2 Å². The van der Waals surface area contributed by atoms with Crippen LogP contribution in [0, 0.1) is 0 Å². The lowest BCUT2D eigenvalue weighted by molar-refractivity contribution is 0.536. The van der Waals surface area contributed by atoms with Gasteiger partial charge in [0.2, 0.25) is 0 Å². The fourth-order valence-electron chi connectivity index (χ4n) is 2.44. The maximum absolute atomic E-state index is 4.67. The van der Waals surface area contributed by atoms with Gasteiger partial charge in [-0.05, 0) is 33.1 Å². The molecule has 1 heterocycles. The van der Waals surface area contributed by atoms with Crippen LogP contribution in [0.25, 0.3) is 0 Å². The molecule has 0 bridgehead atoms. The Kier molecular flexibility index (Phi) is 15.1. The van der Waals surface area contributed by atoms with E-state index >= 15 is 0 Å².